The van der Waals surface area contributed by atoms with Crippen molar-refractivity contribution >= 4 is 17.2 Å². The molecule has 1 saturated heterocycles. The molecule has 1 atom stereocenters. The molecular weight excluding hydrogens is 348 g/mol. The molecule has 7 heteroatoms. The van der Waals surface area contributed by atoms with Crippen molar-refractivity contribution in [1.29, 1.82) is 0 Å². The van der Waals surface area contributed by atoms with Crippen LogP contribution in [0.5, 0.6) is 0 Å². The van der Waals surface area contributed by atoms with E-state index in [4.69, 9.17) is 4.52 Å². The minimum Gasteiger partial charge on any atom is -0.338 e. The SMILES string of the molecule is O=C(c1cccs1)N1CCCC(CCc2noc(-c3cccnc3)n2)C1. The molecular formula is C19H20N4O2S. The molecule has 0 bridgehead atoms. The first-order chi connectivity index (χ1) is 12.8. The van der Waals surface area contributed by atoms with E-state index in [1.807, 2.05) is 34.5 Å². The Hall–Kier alpha value is -2.54. The summed E-state index contributed by atoms with van der Waals surface area (Å²) in [6, 6.07) is 7.57. The fraction of sp³-hybridized carbons (Fsp3) is 0.368. The van der Waals surface area contributed by atoms with Crippen LogP contribution in [-0.4, -0.2) is 39.0 Å². The van der Waals surface area contributed by atoms with Crippen LogP contribution in [0.25, 0.3) is 11.5 Å². The van der Waals surface area contributed by atoms with Crippen LogP contribution in [0.4, 0.5) is 0 Å². The van der Waals surface area contributed by atoms with Gasteiger partial charge in [0.15, 0.2) is 5.82 Å². The molecule has 6 nitrogen and oxygen atoms in total. The van der Waals surface area contributed by atoms with Crippen LogP contribution in [-0.2, 0) is 6.42 Å². The van der Waals surface area contributed by atoms with Gasteiger partial charge in [0.25, 0.3) is 11.8 Å². The molecule has 3 aromatic heterocycles. The van der Waals surface area contributed by atoms with Crippen LogP contribution in [0.15, 0.2) is 46.6 Å². The van der Waals surface area contributed by atoms with Gasteiger partial charge in [0.05, 0.1) is 10.4 Å². The van der Waals surface area contributed by atoms with E-state index in [0.717, 1.165) is 49.2 Å². The largest absolute Gasteiger partial charge is 0.338 e. The number of piperidine rings is 1. The van der Waals surface area contributed by atoms with Gasteiger partial charge in [-0.2, -0.15) is 4.98 Å². The third-order valence-electron chi connectivity index (χ3n) is 4.69. The summed E-state index contributed by atoms with van der Waals surface area (Å²) in [6.07, 6.45) is 7.34. The Bertz CT molecular complexity index is 848. The molecule has 0 aromatic carbocycles. The maximum absolute atomic E-state index is 12.5. The Morgan fingerprint density at radius 2 is 2.31 bits per heavy atom. The summed E-state index contributed by atoms with van der Waals surface area (Å²) in [5.74, 6) is 1.85. The minimum atomic E-state index is 0.156. The standard InChI is InChI=1S/C19H20N4O2S/c24-19(16-6-3-11-26-16)23-10-2-4-14(13-23)7-8-17-21-18(25-22-17)15-5-1-9-20-12-15/h1,3,5-6,9,11-12,14H,2,4,7-8,10,13H2. The van der Waals surface area contributed by atoms with Gasteiger partial charge < -0.3 is 9.42 Å². The molecule has 1 aliphatic rings. The predicted molar refractivity (Wildman–Crippen MR) is 98.8 cm³/mol. The van der Waals surface area contributed by atoms with Gasteiger partial charge in [0, 0.05) is 31.9 Å². The molecule has 1 amide bonds. The van der Waals surface area contributed by atoms with E-state index in [-0.39, 0.29) is 5.91 Å². The van der Waals surface area contributed by atoms with Gasteiger partial charge in [-0.3, -0.25) is 9.78 Å². The smallest absolute Gasteiger partial charge is 0.263 e. The van der Waals surface area contributed by atoms with Crippen LogP contribution in [0.2, 0.25) is 0 Å². The number of likely N-dealkylation sites (tertiary alicyclic amines) is 1. The van der Waals surface area contributed by atoms with E-state index in [1.165, 1.54) is 11.3 Å². The van der Waals surface area contributed by atoms with E-state index in [0.29, 0.717) is 17.6 Å². The Labute approximate surface area is 155 Å². The van der Waals surface area contributed by atoms with Gasteiger partial charge in [-0.15, -0.1) is 11.3 Å². The molecule has 0 N–H and O–H groups in total. The number of aryl methyl sites for hydroxylation is 1. The molecule has 0 aliphatic carbocycles. The van der Waals surface area contributed by atoms with Crippen LogP contribution in [0, 0.1) is 5.92 Å². The van der Waals surface area contributed by atoms with Crippen molar-refractivity contribution in [2.75, 3.05) is 13.1 Å². The molecule has 4 heterocycles. The van der Waals surface area contributed by atoms with Crippen LogP contribution in [0.3, 0.4) is 0 Å². The van der Waals surface area contributed by atoms with Gasteiger partial charge in [0.1, 0.15) is 0 Å². The second-order valence-electron chi connectivity index (χ2n) is 6.53. The summed E-state index contributed by atoms with van der Waals surface area (Å²) >= 11 is 1.51. The van der Waals surface area contributed by atoms with E-state index in [2.05, 4.69) is 15.1 Å². The summed E-state index contributed by atoms with van der Waals surface area (Å²) in [6.45, 7) is 1.66. The zero-order chi connectivity index (χ0) is 17.8. The Morgan fingerprint density at radius 1 is 1.35 bits per heavy atom. The number of amides is 1. The average molecular weight is 368 g/mol. The van der Waals surface area contributed by atoms with Gasteiger partial charge >= 0.3 is 0 Å². The lowest BCUT2D eigenvalue weighted by Gasteiger charge is -2.32. The van der Waals surface area contributed by atoms with Gasteiger partial charge in [-0.1, -0.05) is 11.2 Å². The number of nitrogens with zero attached hydrogens (tertiary/aromatic N) is 4. The van der Waals surface area contributed by atoms with Crippen molar-refractivity contribution < 1.29 is 9.32 Å². The molecule has 1 fully saturated rings. The highest BCUT2D eigenvalue weighted by atomic mass is 32.1. The number of hydrogen-bond acceptors (Lipinski definition) is 6. The van der Waals surface area contributed by atoms with E-state index < -0.39 is 0 Å². The third kappa shape index (κ3) is 3.83. The molecule has 0 spiro atoms. The number of pyridine rings is 1. The maximum Gasteiger partial charge on any atom is 0.263 e. The molecule has 134 valence electrons. The zero-order valence-corrected chi connectivity index (χ0v) is 15.2. The Kier molecular flexibility index (Phi) is 5.06. The van der Waals surface area contributed by atoms with Crippen LogP contribution >= 0.6 is 11.3 Å². The zero-order valence-electron chi connectivity index (χ0n) is 14.4. The molecule has 3 aromatic rings. The fourth-order valence-electron chi connectivity index (χ4n) is 3.34. The van der Waals surface area contributed by atoms with Gasteiger partial charge in [-0.05, 0) is 48.8 Å². The number of carbonyl (C=O) groups is 1. The van der Waals surface area contributed by atoms with Crippen molar-refractivity contribution in [3.63, 3.8) is 0 Å². The quantitative estimate of drug-likeness (QED) is 0.687. The summed E-state index contributed by atoms with van der Waals surface area (Å²) in [5, 5.41) is 6.03. The number of aromatic nitrogens is 3. The number of thiophene rings is 1. The molecule has 1 aliphatic heterocycles. The second kappa shape index (κ2) is 7.78. The lowest BCUT2D eigenvalue weighted by atomic mass is 9.93. The van der Waals surface area contributed by atoms with Crippen molar-refractivity contribution in [1.82, 2.24) is 20.0 Å². The highest BCUT2D eigenvalue weighted by Gasteiger charge is 2.25. The average Bonchev–Trinajstić information content (AvgIpc) is 3.39. The van der Waals surface area contributed by atoms with Crippen LogP contribution < -0.4 is 0 Å². The van der Waals surface area contributed by atoms with Crippen molar-refractivity contribution in [2.45, 2.75) is 25.7 Å². The number of hydrogen-bond donors (Lipinski definition) is 0. The number of rotatable bonds is 5. The Balaban J connectivity index is 1.33. The lowest BCUT2D eigenvalue weighted by molar-refractivity contribution is 0.0673. The van der Waals surface area contributed by atoms with Crippen molar-refractivity contribution in [3.05, 3.63) is 52.7 Å². The minimum absolute atomic E-state index is 0.156. The first-order valence-electron chi connectivity index (χ1n) is 8.85. The molecule has 0 radical (unpaired) electrons. The van der Waals surface area contributed by atoms with Crippen molar-refractivity contribution in [2.24, 2.45) is 5.92 Å². The van der Waals surface area contributed by atoms with Crippen LogP contribution in [0.1, 0.15) is 34.8 Å². The van der Waals surface area contributed by atoms with E-state index >= 15 is 0 Å². The monoisotopic (exact) mass is 368 g/mol. The normalized spacial score (nSPS) is 17.4. The molecule has 4 rings (SSSR count). The van der Waals surface area contributed by atoms with E-state index in [9.17, 15) is 4.79 Å². The molecule has 26 heavy (non-hydrogen) atoms. The van der Waals surface area contributed by atoms with Gasteiger partial charge in [-0.25, -0.2) is 0 Å². The maximum atomic E-state index is 12.5. The van der Waals surface area contributed by atoms with E-state index in [1.54, 1.807) is 12.4 Å². The Morgan fingerprint density at radius 3 is 3.12 bits per heavy atom. The fourth-order valence-corrected chi connectivity index (χ4v) is 4.03. The highest BCUT2D eigenvalue weighted by molar-refractivity contribution is 7.12. The molecule has 1 unspecified atom stereocenters. The summed E-state index contributed by atoms with van der Waals surface area (Å²) in [4.78, 5) is 23.9. The predicted octanol–water partition coefficient (Wildman–Crippen LogP) is 3.68. The molecule has 0 saturated carbocycles. The highest BCUT2D eigenvalue weighted by Crippen LogP contribution is 2.24. The third-order valence-corrected chi connectivity index (χ3v) is 5.55. The number of carbonyl (C=O) groups excluding carboxylic acids is 1. The second-order valence-corrected chi connectivity index (χ2v) is 7.48. The topological polar surface area (TPSA) is 72.1 Å². The summed E-state index contributed by atoms with van der Waals surface area (Å²) in [5.41, 5.74) is 0.830. The summed E-state index contributed by atoms with van der Waals surface area (Å²) in [7, 11) is 0. The first kappa shape index (κ1) is 16.9. The summed E-state index contributed by atoms with van der Waals surface area (Å²) < 4.78 is 5.33. The lowest BCUT2D eigenvalue weighted by Crippen LogP contribution is -2.39. The first-order valence-corrected chi connectivity index (χ1v) is 9.73. The van der Waals surface area contributed by atoms with Gasteiger partial charge in [0.2, 0.25) is 0 Å². The van der Waals surface area contributed by atoms with Crippen molar-refractivity contribution in [3.8, 4) is 11.5 Å².